The number of rotatable bonds is 7. The second-order valence-corrected chi connectivity index (χ2v) is 6.28. The molecule has 0 bridgehead atoms. The van der Waals surface area contributed by atoms with Crippen molar-refractivity contribution in [2.75, 3.05) is 0 Å². The lowest BCUT2D eigenvalue weighted by Gasteiger charge is -2.08. The van der Waals surface area contributed by atoms with Gasteiger partial charge in [0.1, 0.15) is 11.6 Å². The van der Waals surface area contributed by atoms with Crippen LogP contribution >= 0.6 is 11.8 Å². The number of halogens is 1. The first kappa shape index (κ1) is 16.5. The Balaban J connectivity index is 1.78. The van der Waals surface area contributed by atoms with Crippen LogP contribution in [0, 0.1) is 5.82 Å². The molecular weight excluding hydrogens is 321 g/mol. The molecule has 0 saturated carbocycles. The van der Waals surface area contributed by atoms with Gasteiger partial charge in [0.15, 0.2) is 5.16 Å². The highest BCUT2D eigenvalue weighted by Gasteiger charge is 2.13. The molecule has 122 valence electrons. The number of allylic oxidation sites excluding steroid dienone is 1. The van der Waals surface area contributed by atoms with Crippen LogP contribution in [0.2, 0.25) is 0 Å². The Labute approximate surface area is 145 Å². The fourth-order valence-corrected chi connectivity index (χ4v) is 3.36. The van der Waals surface area contributed by atoms with Gasteiger partial charge in [0, 0.05) is 18.7 Å². The summed E-state index contributed by atoms with van der Waals surface area (Å²) in [5.74, 6) is 1.22. The molecule has 2 aromatic carbocycles. The summed E-state index contributed by atoms with van der Waals surface area (Å²) in [4.78, 5) is 0. The number of aromatic nitrogens is 3. The van der Waals surface area contributed by atoms with E-state index in [1.807, 2.05) is 34.9 Å². The van der Waals surface area contributed by atoms with Crippen LogP contribution in [0.3, 0.4) is 0 Å². The quantitative estimate of drug-likeness (QED) is 0.469. The molecule has 0 amide bonds. The summed E-state index contributed by atoms with van der Waals surface area (Å²) >= 11 is 1.49. The number of thioether (sulfide) groups is 1. The van der Waals surface area contributed by atoms with Gasteiger partial charge in [-0.25, -0.2) is 4.39 Å². The zero-order valence-electron chi connectivity index (χ0n) is 13.2. The van der Waals surface area contributed by atoms with Gasteiger partial charge in [0.05, 0.1) is 0 Å². The Kier molecular flexibility index (Phi) is 5.43. The molecule has 5 heteroatoms. The molecule has 0 aliphatic heterocycles. The fraction of sp³-hybridized carbons (Fsp3) is 0.158. The van der Waals surface area contributed by atoms with Gasteiger partial charge in [-0.2, -0.15) is 0 Å². The first-order chi connectivity index (χ1) is 11.8. The highest BCUT2D eigenvalue weighted by Crippen LogP contribution is 2.24. The molecule has 0 unspecified atom stereocenters. The Hall–Kier alpha value is -2.40. The maximum absolute atomic E-state index is 13.8. The van der Waals surface area contributed by atoms with E-state index in [1.165, 1.54) is 23.4 Å². The lowest BCUT2D eigenvalue weighted by molar-refractivity contribution is 0.617. The van der Waals surface area contributed by atoms with E-state index in [4.69, 9.17) is 0 Å². The number of nitrogens with zero attached hydrogens (tertiary/aromatic N) is 3. The van der Waals surface area contributed by atoms with Crippen LogP contribution in [0.1, 0.15) is 17.0 Å². The van der Waals surface area contributed by atoms with Crippen molar-refractivity contribution < 1.29 is 4.39 Å². The van der Waals surface area contributed by atoms with Crippen LogP contribution in [0.15, 0.2) is 72.4 Å². The lowest BCUT2D eigenvalue weighted by Crippen LogP contribution is -2.05. The molecule has 0 aliphatic carbocycles. The molecule has 1 heterocycles. The molecule has 0 atom stereocenters. The molecule has 3 rings (SSSR count). The van der Waals surface area contributed by atoms with Crippen molar-refractivity contribution in [3.05, 3.63) is 90.0 Å². The van der Waals surface area contributed by atoms with Crippen molar-refractivity contribution in [1.82, 2.24) is 14.8 Å². The van der Waals surface area contributed by atoms with Gasteiger partial charge >= 0.3 is 0 Å². The molecule has 24 heavy (non-hydrogen) atoms. The Morgan fingerprint density at radius 3 is 2.54 bits per heavy atom. The van der Waals surface area contributed by atoms with Crippen LogP contribution < -0.4 is 0 Å². The third-order valence-corrected chi connectivity index (χ3v) is 4.64. The van der Waals surface area contributed by atoms with E-state index in [0.717, 1.165) is 11.0 Å². The third kappa shape index (κ3) is 3.92. The van der Waals surface area contributed by atoms with Crippen molar-refractivity contribution in [2.45, 2.75) is 23.9 Å². The summed E-state index contributed by atoms with van der Waals surface area (Å²) in [6.45, 7) is 4.45. The molecule has 3 nitrogen and oxygen atoms in total. The zero-order chi connectivity index (χ0) is 16.8. The van der Waals surface area contributed by atoms with E-state index in [0.29, 0.717) is 24.3 Å². The van der Waals surface area contributed by atoms with Crippen molar-refractivity contribution in [2.24, 2.45) is 0 Å². The minimum absolute atomic E-state index is 0.190. The van der Waals surface area contributed by atoms with Gasteiger partial charge in [-0.15, -0.1) is 16.8 Å². The van der Waals surface area contributed by atoms with Crippen LogP contribution in [0.25, 0.3) is 0 Å². The Bertz CT molecular complexity index is 814. The van der Waals surface area contributed by atoms with Crippen LogP contribution in [-0.4, -0.2) is 14.8 Å². The van der Waals surface area contributed by atoms with Gasteiger partial charge in [-0.3, -0.25) is 0 Å². The van der Waals surface area contributed by atoms with Crippen molar-refractivity contribution in [1.29, 1.82) is 0 Å². The van der Waals surface area contributed by atoms with E-state index in [9.17, 15) is 4.39 Å². The first-order valence-electron chi connectivity index (χ1n) is 7.71. The SMILES string of the molecule is C=CCn1c(Cc2ccccc2)nnc1SCc1ccccc1F. The van der Waals surface area contributed by atoms with Crippen LogP contribution in [-0.2, 0) is 18.7 Å². The molecule has 0 saturated heterocycles. The summed E-state index contributed by atoms with van der Waals surface area (Å²) in [5.41, 5.74) is 1.85. The lowest BCUT2D eigenvalue weighted by atomic mass is 10.1. The summed E-state index contributed by atoms with van der Waals surface area (Å²) < 4.78 is 15.8. The molecule has 0 spiro atoms. The Morgan fingerprint density at radius 1 is 1.04 bits per heavy atom. The topological polar surface area (TPSA) is 30.7 Å². The van der Waals surface area contributed by atoms with Crippen LogP contribution in [0.5, 0.6) is 0 Å². The van der Waals surface area contributed by atoms with Crippen molar-refractivity contribution in [3.8, 4) is 0 Å². The third-order valence-electron chi connectivity index (χ3n) is 3.62. The molecule has 0 aliphatic rings. The van der Waals surface area contributed by atoms with Gasteiger partial charge < -0.3 is 4.57 Å². The summed E-state index contributed by atoms with van der Waals surface area (Å²) in [6, 6.07) is 17.0. The monoisotopic (exact) mass is 339 g/mol. The van der Waals surface area contributed by atoms with Gasteiger partial charge in [0.25, 0.3) is 0 Å². The summed E-state index contributed by atoms with van der Waals surface area (Å²) in [7, 11) is 0. The summed E-state index contributed by atoms with van der Waals surface area (Å²) in [6.07, 6.45) is 2.53. The summed E-state index contributed by atoms with van der Waals surface area (Å²) in [5, 5.41) is 9.38. The average molecular weight is 339 g/mol. The number of benzene rings is 2. The van der Waals surface area contributed by atoms with Gasteiger partial charge in [0.2, 0.25) is 0 Å². The normalized spacial score (nSPS) is 10.7. The largest absolute Gasteiger partial charge is 0.302 e. The van der Waals surface area contributed by atoms with E-state index in [-0.39, 0.29) is 5.82 Å². The Morgan fingerprint density at radius 2 is 1.79 bits per heavy atom. The maximum atomic E-state index is 13.8. The second kappa shape index (κ2) is 7.93. The molecular formula is C19H18FN3S. The van der Waals surface area contributed by atoms with E-state index >= 15 is 0 Å². The minimum Gasteiger partial charge on any atom is -0.302 e. The van der Waals surface area contributed by atoms with E-state index in [2.05, 4.69) is 28.9 Å². The minimum atomic E-state index is -0.190. The van der Waals surface area contributed by atoms with Crippen molar-refractivity contribution >= 4 is 11.8 Å². The zero-order valence-corrected chi connectivity index (χ0v) is 14.0. The van der Waals surface area contributed by atoms with Crippen LogP contribution in [0.4, 0.5) is 4.39 Å². The highest BCUT2D eigenvalue weighted by atomic mass is 32.2. The number of hydrogen-bond acceptors (Lipinski definition) is 3. The molecule has 0 radical (unpaired) electrons. The number of hydrogen-bond donors (Lipinski definition) is 0. The second-order valence-electron chi connectivity index (χ2n) is 5.34. The van der Waals surface area contributed by atoms with Crippen molar-refractivity contribution in [3.63, 3.8) is 0 Å². The molecule has 1 aromatic heterocycles. The molecule has 3 aromatic rings. The average Bonchev–Trinajstić information content (AvgIpc) is 2.97. The first-order valence-corrected chi connectivity index (χ1v) is 8.69. The maximum Gasteiger partial charge on any atom is 0.191 e. The van der Waals surface area contributed by atoms with E-state index in [1.54, 1.807) is 12.1 Å². The van der Waals surface area contributed by atoms with Gasteiger partial charge in [-0.05, 0) is 17.2 Å². The standard InChI is InChI=1S/C19H18FN3S/c1-2-12-23-18(13-15-8-4-3-5-9-15)21-22-19(23)24-14-16-10-6-7-11-17(16)20/h2-11H,1,12-14H2. The van der Waals surface area contributed by atoms with Gasteiger partial charge in [-0.1, -0.05) is 66.4 Å². The predicted octanol–water partition coefficient (Wildman–Crippen LogP) is 4.49. The highest BCUT2D eigenvalue weighted by molar-refractivity contribution is 7.98. The molecule has 0 fully saturated rings. The molecule has 0 N–H and O–H groups in total. The van der Waals surface area contributed by atoms with E-state index < -0.39 is 0 Å². The smallest absolute Gasteiger partial charge is 0.191 e. The predicted molar refractivity (Wildman–Crippen MR) is 95.4 cm³/mol. The fourth-order valence-electron chi connectivity index (χ4n) is 2.41.